The quantitative estimate of drug-likeness (QED) is 0.660. The van der Waals surface area contributed by atoms with Crippen LogP contribution < -0.4 is 0 Å². The molecule has 1 radical (unpaired) electrons. The molecule has 69 valence electrons. The maximum atomic E-state index is 4.30. The van der Waals surface area contributed by atoms with Crippen molar-refractivity contribution in [2.45, 2.75) is 13.8 Å². The minimum Gasteiger partial charge on any atom is -0.256 e. The molecule has 14 heavy (non-hydrogen) atoms. The molecular weight excluding hydrogens is 170 g/mol. The highest BCUT2D eigenvalue weighted by Crippen LogP contribution is 2.21. The minimum absolute atomic E-state index is 1.02. The first-order valence-electron chi connectivity index (χ1n) is 4.67. The first-order chi connectivity index (χ1) is 6.77. The van der Waals surface area contributed by atoms with Crippen LogP contribution in [0.15, 0.2) is 36.5 Å². The highest BCUT2D eigenvalue weighted by Gasteiger charge is 2.01. The number of nitrogens with zero attached hydrogens (tertiary/aromatic N) is 1. The molecule has 1 nitrogen and oxygen atoms in total. The van der Waals surface area contributed by atoms with E-state index < -0.39 is 0 Å². The molecule has 1 heteroatoms. The second kappa shape index (κ2) is 3.62. The highest BCUT2D eigenvalue weighted by molar-refractivity contribution is 5.63. The van der Waals surface area contributed by atoms with Crippen molar-refractivity contribution in [1.29, 1.82) is 0 Å². The largest absolute Gasteiger partial charge is 0.256 e. The van der Waals surface area contributed by atoms with Crippen molar-refractivity contribution in [3.63, 3.8) is 0 Å². The Balaban J connectivity index is 2.57. The summed E-state index contributed by atoms with van der Waals surface area (Å²) in [6, 6.07) is 13.2. The Morgan fingerprint density at radius 2 is 2.00 bits per heavy atom. The van der Waals surface area contributed by atoms with Crippen molar-refractivity contribution in [3.8, 4) is 11.3 Å². The van der Waals surface area contributed by atoms with Gasteiger partial charge in [0.25, 0.3) is 0 Å². The van der Waals surface area contributed by atoms with Gasteiger partial charge in [-0.25, -0.2) is 0 Å². The lowest BCUT2D eigenvalue weighted by atomic mass is 10.0. The van der Waals surface area contributed by atoms with Crippen molar-refractivity contribution >= 4 is 0 Å². The molecule has 1 aromatic carbocycles. The highest BCUT2D eigenvalue weighted by atomic mass is 14.7. The second-order valence-corrected chi connectivity index (χ2v) is 3.46. The summed E-state index contributed by atoms with van der Waals surface area (Å²) in [5, 5.41) is 0. The summed E-state index contributed by atoms with van der Waals surface area (Å²) in [6.45, 7) is 4.20. The van der Waals surface area contributed by atoms with Gasteiger partial charge in [0.05, 0.1) is 5.69 Å². The van der Waals surface area contributed by atoms with Crippen LogP contribution in [0.3, 0.4) is 0 Å². The van der Waals surface area contributed by atoms with Crippen LogP contribution in [0.5, 0.6) is 0 Å². The third-order valence-corrected chi connectivity index (χ3v) is 2.28. The molecule has 0 unspecified atom stereocenters. The van der Waals surface area contributed by atoms with E-state index in [0.29, 0.717) is 0 Å². The van der Waals surface area contributed by atoms with E-state index in [1.807, 2.05) is 12.1 Å². The van der Waals surface area contributed by atoms with E-state index in [1.165, 1.54) is 16.7 Å². The monoisotopic (exact) mass is 182 g/mol. The molecule has 0 saturated heterocycles. The van der Waals surface area contributed by atoms with Crippen LogP contribution >= 0.6 is 0 Å². The van der Waals surface area contributed by atoms with E-state index in [2.05, 4.69) is 43.1 Å². The molecule has 0 aliphatic heterocycles. The van der Waals surface area contributed by atoms with Gasteiger partial charge in [-0.3, -0.25) is 4.98 Å². The van der Waals surface area contributed by atoms with Crippen LogP contribution in [0.25, 0.3) is 11.3 Å². The van der Waals surface area contributed by atoms with Crippen LogP contribution in [-0.4, -0.2) is 4.98 Å². The molecule has 0 aliphatic carbocycles. The fourth-order valence-corrected chi connectivity index (χ4v) is 1.49. The molecule has 0 amide bonds. The lowest BCUT2D eigenvalue weighted by Crippen LogP contribution is -1.87. The SMILES string of the molecule is Cc1ccc(C)c(-c2cc[c]cn2)c1. The van der Waals surface area contributed by atoms with Crippen molar-refractivity contribution in [3.05, 3.63) is 53.7 Å². The van der Waals surface area contributed by atoms with Crippen molar-refractivity contribution in [2.75, 3.05) is 0 Å². The maximum absolute atomic E-state index is 4.30. The van der Waals surface area contributed by atoms with Gasteiger partial charge in [-0.15, -0.1) is 0 Å². The number of rotatable bonds is 1. The molecule has 0 N–H and O–H groups in total. The number of aryl methyl sites for hydroxylation is 2. The van der Waals surface area contributed by atoms with Crippen LogP contribution in [0.4, 0.5) is 0 Å². The van der Waals surface area contributed by atoms with Crippen LogP contribution in [0.1, 0.15) is 11.1 Å². The van der Waals surface area contributed by atoms with Crippen molar-refractivity contribution in [2.24, 2.45) is 0 Å². The smallest absolute Gasteiger partial charge is 0.0705 e. The van der Waals surface area contributed by atoms with E-state index >= 15 is 0 Å². The molecule has 1 aromatic heterocycles. The van der Waals surface area contributed by atoms with Gasteiger partial charge in [0.15, 0.2) is 0 Å². The first-order valence-corrected chi connectivity index (χ1v) is 4.67. The Labute approximate surface area is 84.4 Å². The zero-order valence-electron chi connectivity index (χ0n) is 8.41. The fourth-order valence-electron chi connectivity index (χ4n) is 1.49. The lowest BCUT2D eigenvalue weighted by Gasteiger charge is -2.05. The molecule has 0 saturated carbocycles. The fraction of sp³-hybridized carbons (Fsp3) is 0.154. The Hall–Kier alpha value is -1.63. The molecule has 2 rings (SSSR count). The standard InChI is InChI=1S/C13H12N/c1-10-6-7-11(2)12(9-10)13-5-3-4-8-14-13/h3,5-9H,1-2H3. The number of aromatic nitrogens is 1. The molecule has 0 spiro atoms. The Morgan fingerprint density at radius 1 is 1.14 bits per heavy atom. The van der Waals surface area contributed by atoms with Gasteiger partial charge in [0.2, 0.25) is 0 Å². The summed E-state index contributed by atoms with van der Waals surface area (Å²) in [5.41, 5.74) is 4.75. The predicted molar refractivity (Wildman–Crippen MR) is 58.0 cm³/mol. The molecule has 2 aromatic rings. The van der Waals surface area contributed by atoms with Crippen LogP contribution in [-0.2, 0) is 0 Å². The zero-order valence-corrected chi connectivity index (χ0v) is 8.41. The third kappa shape index (κ3) is 1.67. The van der Waals surface area contributed by atoms with Crippen LogP contribution in [0, 0.1) is 19.9 Å². The number of hydrogen-bond acceptors (Lipinski definition) is 1. The second-order valence-electron chi connectivity index (χ2n) is 3.46. The first kappa shape index (κ1) is 8.95. The summed E-state index contributed by atoms with van der Waals surface area (Å²) in [4.78, 5) is 4.30. The van der Waals surface area contributed by atoms with Crippen LogP contribution in [0.2, 0.25) is 0 Å². The minimum atomic E-state index is 1.02. The molecule has 1 heterocycles. The molecule has 0 atom stereocenters. The van der Waals surface area contributed by atoms with E-state index in [4.69, 9.17) is 0 Å². The summed E-state index contributed by atoms with van der Waals surface area (Å²) >= 11 is 0. The van der Waals surface area contributed by atoms with E-state index in [0.717, 1.165) is 5.69 Å². The van der Waals surface area contributed by atoms with Gasteiger partial charge in [0, 0.05) is 17.8 Å². The van der Waals surface area contributed by atoms with Gasteiger partial charge in [-0.2, -0.15) is 0 Å². The third-order valence-electron chi connectivity index (χ3n) is 2.28. The van der Waals surface area contributed by atoms with Gasteiger partial charge in [0.1, 0.15) is 0 Å². The summed E-state index contributed by atoms with van der Waals surface area (Å²) in [5.74, 6) is 0. The van der Waals surface area contributed by atoms with E-state index in [-0.39, 0.29) is 0 Å². The Kier molecular flexibility index (Phi) is 2.32. The molecular formula is C13H12N. The van der Waals surface area contributed by atoms with Gasteiger partial charge in [-0.1, -0.05) is 23.8 Å². The van der Waals surface area contributed by atoms with Crippen molar-refractivity contribution in [1.82, 2.24) is 4.98 Å². The normalized spacial score (nSPS) is 10.1. The molecule has 0 fully saturated rings. The lowest BCUT2D eigenvalue weighted by molar-refractivity contribution is 1.29. The van der Waals surface area contributed by atoms with E-state index in [9.17, 15) is 0 Å². The van der Waals surface area contributed by atoms with Gasteiger partial charge >= 0.3 is 0 Å². The van der Waals surface area contributed by atoms with Crippen molar-refractivity contribution < 1.29 is 0 Å². The zero-order chi connectivity index (χ0) is 9.97. The number of hydrogen-bond donors (Lipinski definition) is 0. The number of pyridine rings is 1. The molecule has 0 bridgehead atoms. The maximum Gasteiger partial charge on any atom is 0.0705 e. The number of benzene rings is 1. The van der Waals surface area contributed by atoms with Gasteiger partial charge in [-0.05, 0) is 31.5 Å². The van der Waals surface area contributed by atoms with Gasteiger partial charge < -0.3 is 0 Å². The Bertz CT molecular complexity index is 432. The summed E-state index contributed by atoms with van der Waals surface area (Å²) in [6.07, 6.45) is 1.71. The average Bonchev–Trinajstić information content (AvgIpc) is 2.23. The summed E-state index contributed by atoms with van der Waals surface area (Å²) < 4.78 is 0. The molecule has 0 aliphatic rings. The average molecular weight is 182 g/mol. The van der Waals surface area contributed by atoms with E-state index in [1.54, 1.807) is 6.20 Å². The topological polar surface area (TPSA) is 12.9 Å². The Morgan fingerprint density at radius 3 is 2.71 bits per heavy atom. The summed E-state index contributed by atoms with van der Waals surface area (Å²) in [7, 11) is 0. The predicted octanol–water partition coefficient (Wildman–Crippen LogP) is 3.17.